The number of aliphatic hydroxyl groups excluding tert-OH is 1. The molecule has 12 heavy (non-hydrogen) atoms. The third-order valence-corrected chi connectivity index (χ3v) is 1.50. The molecule has 62 valence electrons. The van der Waals surface area contributed by atoms with Gasteiger partial charge in [-0.1, -0.05) is 42.2 Å². The number of hydrogen-bond acceptors (Lipinski definition) is 2. The molecule has 2 heteroatoms. The smallest absolute Gasteiger partial charge is 0.104 e. The summed E-state index contributed by atoms with van der Waals surface area (Å²) in [5.41, 5.74) is 6.67. The van der Waals surface area contributed by atoms with Crippen LogP contribution >= 0.6 is 0 Å². The second kappa shape index (κ2) is 4.55. The minimum atomic E-state index is -0.293. The van der Waals surface area contributed by atoms with Crippen LogP contribution < -0.4 is 5.73 Å². The fraction of sp³-hybridized carbons (Fsp3) is 0.200. The molecule has 1 unspecified atom stereocenters. The standard InChI is InChI=1S/C10H11NO/c11-10(7-4-8-12)9-5-2-1-3-6-9/h1-3,5-6,10,12H,8,11H2. The van der Waals surface area contributed by atoms with E-state index in [1.165, 1.54) is 0 Å². The quantitative estimate of drug-likeness (QED) is 0.595. The third-order valence-electron chi connectivity index (χ3n) is 1.50. The normalized spacial score (nSPS) is 11.5. The molecule has 0 aliphatic heterocycles. The van der Waals surface area contributed by atoms with Crippen LogP contribution in [0.4, 0.5) is 0 Å². The molecule has 0 saturated heterocycles. The molecule has 0 amide bonds. The Morgan fingerprint density at radius 2 is 2.00 bits per heavy atom. The van der Waals surface area contributed by atoms with Crippen molar-refractivity contribution in [3.8, 4) is 11.8 Å². The molecular weight excluding hydrogens is 150 g/mol. The van der Waals surface area contributed by atoms with Crippen LogP contribution in [0.1, 0.15) is 11.6 Å². The van der Waals surface area contributed by atoms with Gasteiger partial charge in [0.15, 0.2) is 0 Å². The largest absolute Gasteiger partial charge is 0.384 e. The number of benzene rings is 1. The SMILES string of the molecule is NC(C#CCO)c1ccccc1. The minimum absolute atomic E-state index is 0.138. The van der Waals surface area contributed by atoms with Crippen LogP contribution in [0.2, 0.25) is 0 Å². The van der Waals surface area contributed by atoms with Gasteiger partial charge in [-0.05, 0) is 5.56 Å². The lowest BCUT2D eigenvalue weighted by atomic mass is 10.1. The first kappa shape index (κ1) is 8.79. The van der Waals surface area contributed by atoms with E-state index >= 15 is 0 Å². The van der Waals surface area contributed by atoms with Gasteiger partial charge in [-0.2, -0.15) is 0 Å². The van der Waals surface area contributed by atoms with Gasteiger partial charge < -0.3 is 10.8 Å². The molecule has 0 spiro atoms. The highest BCUT2D eigenvalue weighted by atomic mass is 16.2. The maximum atomic E-state index is 8.43. The second-order valence-corrected chi connectivity index (χ2v) is 2.37. The van der Waals surface area contributed by atoms with Crippen molar-refractivity contribution < 1.29 is 5.11 Å². The first-order valence-corrected chi connectivity index (χ1v) is 3.74. The number of aliphatic hydroxyl groups is 1. The summed E-state index contributed by atoms with van der Waals surface area (Å²) in [5.74, 6) is 5.25. The van der Waals surface area contributed by atoms with Crippen LogP contribution in [0.3, 0.4) is 0 Å². The van der Waals surface area contributed by atoms with Crippen LogP contribution in [0.15, 0.2) is 30.3 Å². The van der Waals surface area contributed by atoms with E-state index in [0.29, 0.717) is 0 Å². The lowest BCUT2D eigenvalue weighted by Crippen LogP contribution is -2.07. The Bertz CT molecular complexity index is 284. The topological polar surface area (TPSA) is 46.2 Å². The van der Waals surface area contributed by atoms with Gasteiger partial charge in [0.05, 0.1) is 6.04 Å². The molecule has 0 aliphatic rings. The molecule has 0 fully saturated rings. The zero-order chi connectivity index (χ0) is 8.81. The van der Waals surface area contributed by atoms with Crippen molar-refractivity contribution in [2.24, 2.45) is 5.73 Å². The Balaban J connectivity index is 2.72. The first-order chi connectivity index (χ1) is 5.84. The number of rotatable bonds is 1. The van der Waals surface area contributed by atoms with Crippen LogP contribution in [0.25, 0.3) is 0 Å². The van der Waals surface area contributed by atoms with Crippen molar-refractivity contribution in [2.75, 3.05) is 6.61 Å². The zero-order valence-corrected chi connectivity index (χ0v) is 6.70. The summed E-state index contributed by atoms with van der Waals surface area (Å²) in [7, 11) is 0. The molecular formula is C10H11NO. The number of hydrogen-bond donors (Lipinski definition) is 2. The summed E-state index contributed by atoms with van der Waals surface area (Å²) in [6.07, 6.45) is 0. The Hall–Kier alpha value is -1.30. The summed E-state index contributed by atoms with van der Waals surface area (Å²) in [6, 6.07) is 9.28. The molecule has 3 N–H and O–H groups in total. The van der Waals surface area contributed by atoms with Gasteiger partial charge in [-0.15, -0.1) is 0 Å². The predicted octanol–water partition coefficient (Wildman–Crippen LogP) is 0.682. The summed E-state index contributed by atoms with van der Waals surface area (Å²) >= 11 is 0. The van der Waals surface area contributed by atoms with Crippen molar-refractivity contribution in [2.45, 2.75) is 6.04 Å². The molecule has 1 atom stereocenters. The van der Waals surface area contributed by atoms with E-state index in [-0.39, 0.29) is 12.6 Å². The molecule has 1 aromatic carbocycles. The van der Waals surface area contributed by atoms with Gasteiger partial charge >= 0.3 is 0 Å². The summed E-state index contributed by atoms with van der Waals surface area (Å²) in [5, 5.41) is 8.43. The van der Waals surface area contributed by atoms with Gasteiger partial charge in [-0.25, -0.2) is 0 Å². The van der Waals surface area contributed by atoms with Crippen molar-refractivity contribution in [3.63, 3.8) is 0 Å². The van der Waals surface area contributed by atoms with Gasteiger partial charge in [0.2, 0.25) is 0 Å². The van der Waals surface area contributed by atoms with Gasteiger partial charge in [-0.3, -0.25) is 0 Å². The van der Waals surface area contributed by atoms with E-state index in [1.807, 2.05) is 30.3 Å². The highest BCUT2D eigenvalue weighted by molar-refractivity contribution is 5.26. The van der Waals surface area contributed by atoms with Gasteiger partial charge in [0, 0.05) is 0 Å². The molecule has 0 bridgehead atoms. The summed E-state index contributed by atoms with van der Waals surface area (Å²) in [6.45, 7) is -0.138. The molecule has 1 aromatic rings. The van der Waals surface area contributed by atoms with Crippen LogP contribution in [0.5, 0.6) is 0 Å². The van der Waals surface area contributed by atoms with Crippen LogP contribution in [0, 0.1) is 11.8 Å². The second-order valence-electron chi connectivity index (χ2n) is 2.37. The Labute approximate surface area is 72.0 Å². The van der Waals surface area contributed by atoms with E-state index in [0.717, 1.165) is 5.56 Å². The lowest BCUT2D eigenvalue weighted by Gasteiger charge is -2.02. The van der Waals surface area contributed by atoms with Gasteiger partial charge in [0.25, 0.3) is 0 Å². The van der Waals surface area contributed by atoms with E-state index in [9.17, 15) is 0 Å². The maximum absolute atomic E-state index is 8.43. The highest BCUT2D eigenvalue weighted by Crippen LogP contribution is 2.07. The van der Waals surface area contributed by atoms with E-state index in [1.54, 1.807) is 0 Å². The fourth-order valence-corrected chi connectivity index (χ4v) is 0.899. The van der Waals surface area contributed by atoms with Gasteiger partial charge in [0.1, 0.15) is 6.61 Å². The lowest BCUT2D eigenvalue weighted by molar-refractivity contribution is 0.350. The molecule has 0 saturated carbocycles. The average Bonchev–Trinajstić information content (AvgIpc) is 2.15. The Morgan fingerprint density at radius 3 is 2.58 bits per heavy atom. The molecule has 1 rings (SSSR count). The first-order valence-electron chi connectivity index (χ1n) is 3.74. The average molecular weight is 161 g/mol. The molecule has 2 nitrogen and oxygen atoms in total. The Kier molecular flexibility index (Phi) is 3.34. The highest BCUT2D eigenvalue weighted by Gasteiger charge is 1.98. The fourth-order valence-electron chi connectivity index (χ4n) is 0.899. The van der Waals surface area contributed by atoms with E-state index in [4.69, 9.17) is 10.8 Å². The monoisotopic (exact) mass is 161 g/mol. The maximum Gasteiger partial charge on any atom is 0.104 e. The number of nitrogens with two attached hydrogens (primary N) is 1. The molecule has 0 heterocycles. The molecule has 0 radical (unpaired) electrons. The van der Waals surface area contributed by atoms with Crippen molar-refractivity contribution in [1.82, 2.24) is 0 Å². The van der Waals surface area contributed by atoms with Crippen molar-refractivity contribution >= 4 is 0 Å². The van der Waals surface area contributed by atoms with Crippen molar-refractivity contribution in [3.05, 3.63) is 35.9 Å². The molecule has 0 aliphatic carbocycles. The van der Waals surface area contributed by atoms with Crippen LogP contribution in [-0.4, -0.2) is 11.7 Å². The van der Waals surface area contributed by atoms with E-state index in [2.05, 4.69) is 11.8 Å². The Morgan fingerprint density at radius 1 is 1.33 bits per heavy atom. The zero-order valence-electron chi connectivity index (χ0n) is 6.70. The molecule has 0 aromatic heterocycles. The van der Waals surface area contributed by atoms with Crippen LogP contribution in [-0.2, 0) is 0 Å². The minimum Gasteiger partial charge on any atom is -0.384 e. The van der Waals surface area contributed by atoms with E-state index < -0.39 is 0 Å². The summed E-state index contributed by atoms with van der Waals surface area (Å²) in [4.78, 5) is 0. The third kappa shape index (κ3) is 2.39. The predicted molar refractivity (Wildman–Crippen MR) is 48.2 cm³/mol. The summed E-state index contributed by atoms with van der Waals surface area (Å²) < 4.78 is 0. The van der Waals surface area contributed by atoms with Crippen molar-refractivity contribution in [1.29, 1.82) is 0 Å².